The molecule has 1 aliphatic rings. The molecule has 2 rings (SSSR count). The monoisotopic (exact) mass is 261 g/mol. The number of hydrogen-bond donors (Lipinski definition) is 1. The highest BCUT2D eigenvalue weighted by Crippen LogP contribution is 2.54. The van der Waals surface area contributed by atoms with Crippen LogP contribution >= 0.6 is 0 Å². The Labute approximate surface area is 115 Å². The predicted octanol–water partition coefficient (Wildman–Crippen LogP) is 3.09. The molecule has 3 heteroatoms. The van der Waals surface area contributed by atoms with E-state index in [1.807, 2.05) is 12.1 Å². The van der Waals surface area contributed by atoms with Gasteiger partial charge in [-0.05, 0) is 48.3 Å². The average Bonchev–Trinajstić information content (AvgIpc) is 3.20. The van der Waals surface area contributed by atoms with E-state index < -0.39 is 0 Å². The molecule has 1 fully saturated rings. The Kier molecular flexibility index (Phi) is 4.46. The van der Waals surface area contributed by atoms with E-state index in [1.54, 1.807) is 7.11 Å². The molecule has 0 spiro atoms. The molecule has 0 heterocycles. The van der Waals surface area contributed by atoms with Crippen LogP contribution in [0.3, 0.4) is 0 Å². The van der Waals surface area contributed by atoms with E-state index in [-0.39, 0.29) is 5.91 Å². The SMILES string of the molecule is CCC(CCC(N)=O)C1CC1c1cccc(OC)c1. The van der Waals surface area contributed by atoms with E-state index in [9.17, 15) is 4.79 Å². The first-order valence-corrected chi connectivity index (χ1v) is 7.08. The number of amides is 1. The van der Waals surface area contributed by atoms with Crippen LogP contribution in [0.2, 0.25) is 0 Å². The summed E-state index contributed by atoms with van der Waals surface area (Å²) in [5.41, 5.74) is 6.61. The predicted molar refractivity (Wildman–Crippen MR) is 76.1 cm³/mol. The number of ether oxygens (including phenoxy) is 1. The Hall–Kier alpha value is -1.51. The molecular formula is C16H23NO2. The molecule has 0 aromatic heterocycles. The maximum absolute atomic E-state index is 10.9. The maximum Gasteiger partial charge on any atom is 0.217 e. The molecule has 19 heavy (non-hydrogen) atoms. The second-order valence-corrected chi connectivity index (χ2v) is 5.46. The third-order valence-corrected chi connectivity index (χ3v) is 4.25. The first-order chi connectivity index (χ1) is 9.15. The third kappa shape index (κ3) is 3.49. The normalized spacial score (nSPS) is 22.8. The molecule has 104 valence electrons. The number of rotatable bonds is 7. The molecule has 1 saturated carbocycles. The topological polar surface area (TPSA) is 52.3 Å². The highest BCUT2D eigenvalue weighted by Gasteiger charge is 2.42. The van der Waals surface area contributed by atoms with Crippen LogP contribution in [-0.2, 0) is 4.79 Å². The molecule has 0 bridgehead atoms. The summed E-state index contributed by atoms with van der Waals surface area (Å²) in [7, 11) is 1.70. The highest BCUT2D eigenvalue weighted by atomic mass is 16.5. The van der Waals surface area contributed by atoms with Crippen LogP contribution in [0.25, 0.3) is 0 Å². The lowest BCUT2D eigenvalue weighted by molar-refractivity contribution is -0.118. The number of nitrogens with two attached hydrogens (primary N) is 1. The Morgan fingerprint density at radius 3 is 2.95 bits per heavy atom. The molecule has 0 saturated heterocycles. The minimum Gasteiger partial charge on any atom is -0.497 e. The van der Waals surface area contributed by atoms with Crippen molar-refractivity contribution in [3.63, 3.8) is 0 Å². The van der Waals surface area contributed by atoms with Crippen molar-refractivity contribution in [3.8, 4) is 5.75 Å². The summed E-state index contributed by atoms with van der Waals surface area (Å²) >= 11 is 0. The van der Waals surface area contributed by atoms with Crippen molar-refractivity contribution in [2.75, 3.05) is 7.11 Å². The van der Waals surface area contributed by atoms with Gasteiger partial charge in [0.1, 0.15) is 5.75 Å². The lowest BCUT2D eigenvalue weighted by atomic mass is 9.92. The summed E-state index contributed by atoms with van der Waals surface area (Å²) in [6.45, 7) is 2.20. The van der Waals surface area contributed by atoms with Crippen molar-refractivity contribution in [3.05, 3.63) is 29.8 Å². The molecule has 3 unspecified atom stereocenters. The van der Waals surface area contributed by atoms with Crippen LogP contribution < -0.4 is 10.5 Å². The molecular weight excluding hydrogens is 238 g/mol. The zero-order chi connectivity index (χ0) is 13.8. The largest absolute Gasteiger partial charge is 0.497 e. The molecule has 1 amide bonds. The van der Waals surface area contributed by atoms with Gasteiger partial charge in [0, 0.05) is 6.42 Å². The van der Waals surface area contributed by atoms with Crippen LogP contribution in [0, 0.1) is 11.8 Å². The van der Waals surface area contributed by atoms with E-state index in [2.05, 4.69) is 19.1 Å². The van der Waals surface area contributed by atoms with Gasteiger partial charge in [0.05, 0.1) is 7.11 Å². The van der Waals surface area contributed by atoms with Crippen LogP contribution in [0.5, 0.6) is 5.75 Å². The number of hydrogen-bond acceptors (Lipinski definition) is 2. The summed E-state index contributed by atoms with van der Waals surface area (Å²) in [5, 5.41) is 0. The van der Waals surface area contributed by atoms with Gasteiger partial charge in [0.15, 0.2) is 0 Å². The number of benzene rings is 1. The number of carbonyl (C=O) groups is 1. The zero-order valence-corrected chi connectivity index (χ0v) is 11.8. The fraction of sp³-hybridized carbons (Fsp3) is 0.562. The Morgan fingerprint density at radius 2 is 2.32 bits per heavy atom. The third-order valence-electron chi connectivity index (χ3n) is 4.25. The van der Waals surface area contributed by atoms with Crippen molar-refractivity contribution in [2.24, 2.45) is 17.6 Å². The minimum atomic E-state index is -0.183. The minimum absolute atomic E-state index is 0.183. The average molecular weight is 261 g/mol. The molecule has 0 radical (unpaired) electrons. The van der Waals surface area contributed by atoms with Gasteiger partial charge in [-0.3, -0.25) is 4.79 Å². The van der Waals surface area contributed by atoms with Gasteiger partial charge in [-0.1, -0.05) is 25.5 Å². The first-order valence-electron chi connectivity index (χ1n) is 7.08. The van der Waals surface area contributed by atoms with Gasteiger partial charge in [-0.25, -0.2) is 0 Å². The Bertz CT molecular complexity index is 444. The number of primary amides is 1. The van der Waals surface area contributed by atoms with E-state index in [0.717, 1.165) is 18.6 Å². The van der Waals surface area contributed by atoms with Gasteiger partial charge in [0.2, 0.25) is 5.91 Å². The van der Waals surface area contributed by atoms with Crippen LogP contribution in [-0.4, -0.2) is 13.0 Å². The van der Waals surface area contributed by atoms with E-state index >= 15 is 0 Å². The summed E-state index contributed by atoms with van der Waals surface area (Å²) in [4.78, 5) is 10.9. The van der Waals surface area contributed by atoms with Gasteiger partial charge < -0.3 is 10.5 Å². The van der Waals surface area contributed by atoms with Crippen LogP contribution in [0.4, 0.5) is 0 Å². The lowest BCUT2D eigenvalue weighted by Crippen LogP contribution is -2.13. The summed E-state index contributed by atoms with van der Waals surface area (Å²) in [5.74, 6) is 2.69. The first kappa shape index (κ1) is 13.9. The smallest absolute Gasteiger partial charge is 0.217 e. The molecule has 3 nitrogen and oxygen atoms in total. The molecule has 1 aromatic rings. The summed E-state index contributed by atoms with van der Waals surface area (Å²) in [6.07, 6.45) is 3.79. The highest BCUT2D eigenvalue weighted by molar-refractivity contribution is 5.73. The Morgan fingerprint density at radius 1 is 1.53 bits per heavy atom. The molecule has 1 aromatic carbocycles. The van der Waals surface area contributed by atoms with Crippen molar-refractivity contribution in [1.29, 1.82) is 0 Å². The van der Waals surface area contributed by atoms with Gasteiger partial charge in [-0.15, -0.1) is 0 Å². The standard InChI is InChI=1S/C16H23NO2/c1-3-11(7-8-16(17)18)14-10-15(14)12-5-4-6-13(9-12)19-2/h4-6,9,11,14-15H,3,7-8,10H2,1-2H3,(H2,17,18). The second-order valence-electron chi connectivity index (χ2n) is 5.46. The van der Waals surface area contributed by atoms with E-state index in [1.165, 1.54) is 12.0 Å². The summed E-state index contributed by atoms with van der Waals surface area (Å²) < 4.78 is 5.27. The van der Waals surface area contributed by atoms with Crippen LogP contribution in [0.1, 0.15) is 44.1 Å². The zero-order valence-electron chi connectivity index (χ0n) is 11.8. The van der Waals surface area contributed by atoms with Crippen molar-refractivity contribution >= 4 is 5.91 Å². The van der Waals surface area contributed by atoms with Gasteiger partial charge in [0.25, 0.3) is 0 Å². The van der Waals surface area contributed by atoms with Gasteiger partial charge >= 0.3 is 0 Å². The fourth-order valence-corrected chi connectivity index (χ4v) is 3.04. The van der Waals surface area contributed by atoms with Crippen molar-refractivity contribution in [2.45, 2.75) is 38.5 Å². The fourth-order valence-electron chi connectivity index (χ4n) is 3.04. The van der Waals surface area contributed by atoms with E-state index in [0.29, 0.717) is 24.2 Å². The van der Waals surface area contributed by atoms with Crippen molar-refractivity contribution in [1.82, 2.24) is 0 Å². The van der Waals surface area contributed by atoms with Gasteiger partial charge in [-0.2, -0.15) is 0 Å². The molecule has 0 aliphatic heterocycles. The summed E-state index contributed by atoms with van der Waals surface area (Å²) in [6, 6.07) is 8.33. The quantitative estimate of drug-likeness (QED) is 0.820. The molecule has 2 N–H and O–H groups in total. The van der Waals surface area contributed by atoms with Crippen LogP contribution in [0.15, 0.2) is 24.3 Å². The lowest BCUT2D eigenvalue weighted by Gasteiger charge is -2.14. The van der Waals surface area contributed by atoms with Crippen molar-refractivity contribution < 1.29 is 9.53 Å². The van der Waals surface area contributed by atoms with E-state index in [4.69, 9.17) is 10.5 Å². The second kappa shape index (κ2) is 6.09. The Balaban J connectivity index is 1.96. The molecule has 1 aliphatic carbocycles. The number of methoxy groups -OCH3 is 1. The maximum atomic E-state index is 10.9. The molecule has 3 atom stereocenters. The number of carbonyl (C=O) groups excluding carboxylic acids is 1.